The van der Waals surface area contributed by atoms with Gasteiger partial charge in [0, 0.05) is 36.4 Å². The molecule has 0 atom stereocenters. The molecule has 1 N–H and O–H groups in total. The Morgan fingerprint density at radius 3 is 2.77 bits per heavy atom. The second-order valence-electron chi connectivity index (χ2n) is 6.96. The minimum absolute atomic E-state index is 0.828. The molecule has 6 heteroatoms. The summed E-state index contributed by atoms with van der Waals surface area (Å²) in [6, 6.07) is 8.31. The number of fused-ring (bicyclic) bond motifs is 1. The van der Waals surface area contributed by atoms with Gasteiger partial charge in [-0.05, 0) is 43.5 Å². The number of likely N-dealkylation sites (tertiary alicyclic amines) is 1. The van der Waals surface area contributed by atoms with E-state index in [2.05, 4.69) is 56.2 Å². The summed E-state index contributed by atoms with van der Waals surface area (Å²) in [7, 11) is 1.95. The number of nitrogens with one attached hydrogen (secondary N) is 1. The number of nitrogens with zero attached hydrogens (tertiary/aromatic N) is 5. The summed E-state index contributed by atoms with van der Waals surface area (Å²) in [6.07, 6.45) is 7.52. The number of rotatable bonds is 5. The van der Waals surface area contributed by atoms with Crippen LogP contribution in [0.15, 0.2) is 49.1 Å². The monoisotopic (exact) mass is 348 g/mol. The maximum Gasteiger partial charge on any atom is 0.163 e. The van der Waals surface area contributed by atoms with Crippen molar-refractivity contribution in [3.05, 3.63) is 49.1 Å². The molecule has 3 aromatic rings. The van der Waals surface area contributed by atoms with Gasteiger partial charge in [-0.2, -0.15) is 0 Å². The smallest absolute Gasteiger partial charge is 0.163 e. The minimum atomic E-state index is 0.828. The molecule has 6 nitrogen and oxygen atoms in total. The van der Waals surface area contributed by atoms with Crippen molar-refractivity contribution in [3.63, 3.8) is 0 Å². The third-order valence-corrected chi connectivity index (χ3v) is 4.86. The Morgan fingerprint density at radius 2 is 2.00 bits per heavy atom. The van der Waals surface area contributed by atoms with E-state index in [1.165, 1.54) is 19.3 Å². The van der Waals surface area contributed by atoms with E-state index >= 15 is 0 Å². The van der Waals surface area contributed by atoms with Crippen LogP contribution in [0.4, 0.5) is 5.82 Å². The average Bonchev–Trinajstić information content (AvgIpc) is 3.08. The van der Waals surface area contributed by atoms with E-state index in [0.29, 0.717) is 0 Å². The predicted octanol–water partition coefficient (Wildman–Crippen LogP) is 3.44. The minimum Gasteiger partial charge on any atom is -0.343 e. The van der Waals surface area contributed by atoms with Crippen LogP contribution in [0.2, 0.25) is 0 Å². The van der Waals surface area contributed by atoms with Crippen molar-refractivity contribution in [2.75, 3.05) is 25.0 Å². The predicted molar refractivity (Wildman–Crippen MR) is 105 cm³/mol. The molecule has 0 aliphatic carbocycles. The zero-order valence-electron chi connectivity index (χ0n) is 15.1. The molecule has 0 radical (unpaired) electrons. The van der Waals surface area contributed by atoms with E-state index in [0.717, 1.165) is 53.3 Å². The quantitative estimate of drug-likeness (QED) is 0.765. The highest BCUT2D eigenvalue weighted by Gasteiger charge is 2.11. The first-order valence-electron chi connectivity index (χ1n) is 9.10. The molecule has 3 heterocycles. The molecule has 4 rings (SSSR count). The normalized spacial score (nSPS) is 15.3. The summed E-state index contributed by atoms with van der Waals surface area (Å²) in [5.41, 5.74) is 2.03. The second kappa shape index (κ2) is 7.25. The Labute approximate surface area is 153 Å². The van der Waals surface area contributed by atoms with Crippen LogP contribution in [0.25, 0.3) is 22.2 Å². The maximum absolute atomic E-state index is 4.53. The molecule has 0 spiro atoms. The Hall–Kier alpha value is -2.73. The summed E-state index contributed by atoms with van der Waals surface area (Å²) in [6.45, 7) is 7.37. The van der Waals surface area contributed by atoms with Gasteiger partial charge in [-0.15, -0.1) is 10.2 Å². The fraction of sp³-hybridized carbons (Fsp3) is 0.350. The fourth-order valence-electron chi connectivity index (χ4n) is 3.50. The highest BCUT2D eigenvalue weighted by atomic mass is 15.2. The molecule has 0 amide bonds. The molecule has 134 valence electrons. The molecule has 0 saturated carbocycles. The third kappa shape index (κ3) is 3.60. The molecular formula is C20H24N6. The Bertz CT molecular complexity index is 923. The second-order valence-corrected chi connectivity index (χ2v) is 6.96. The Balaban J connectivity index is 1.52. The number of benzene rings is 1. The van der Waals surface area contributed by atoms with Gasteiger partial charge in [0.1, 0.15) is 12.1 Å². The summed E-state index contributed by atoms with van der Waals surface area (Å²) < 4.78 is 1.92. The topological polar surface area (TPSA) is 58.9 Å². The van der Waals surface area contributed by atoms with Crippen LogP contribution in [0, 0.1) is 0 Å². The zero-order valence-corrected chi connectivity index (χ0v) is 15.1. The van der Waals surface area contributed by atoms with E-state index in [-0.39, 0.29) is 0 Å². The first kappa shape index (κ1) is 16.7. The molecule has 1 aliphatic heterocycles. The highest BCUT2D eigenvalue weighted by Crippen LogP contribution is 2.24. The van der Waals surface area contributed by atoms with Crippen molar-refractivity contribution < 1.29 is 0 Å². The van der Waals surface area contributed by atoms with Gasteiger partial charge in [0.2, 0.25) is 0 Å². The summed E-state index contributed by atoms with van der Waals surface area (Å²) in [4.78, 5) is 6.98. The molecule has 1 aromatic carbocycles. The molecule has 1 fully saturated rings. The number of hydrogen-bond donors (Lipinski definition) is 1. The zero-order chi connectivity index (χ0) is 17.9. The van der Waals surface area contributed by atoms with Crippen molar-refractivity contribution >= 4 is 16.6 Å². The molecular weight excluding hydrogens is 324 g/mol. The third-order valence-electron chi connectivity index (χ3n) is 4.86. The number of anilines is 1. The van der Waals surface area contributed by atoms with E-state index in [4.69, 9.17) is 0 Å². The molecule has 0 unspecified atom stereocenters. The van der Waals surface area contributed by atoms with E-state index in [1.807, 2.05) is 17.8 Å². The lowest BCUT2D eigenvalue weighted by Gasteiger charge is -2.27. The van der Waals surface area contributed by atoms with Gasteiger partial charge < -0.3 is 9.88 Å². The summed E-state index contributed by atoms with van der Waals surface area (Å²) in [5.74, 6) is 1.68. The fourth-order valence-corrected chi connectivity index (χ4v) is 3.50. The molecule has 2 aromatic heterocycles. The molecule has 0 bridgehead atoms. The SMILES string of the molecule is C=C(CN1CCCCC1)Nc1cc2cc(-c3nncn3C)ccc2cn1. The van der Waals surface area contributed by atoms with Gasteiger partial charge in [-0.25, -0.2) is 4.98 Å². The van der Waals surface area contributed by atoms with Crippen molar-refractivity contribution in [2.24, 2.45) is 7.05 Å². The van der Waals surface area contributed by atoms with E-state index in [1.54, 1.807) is 6.33 Å². The molecule has 1 saturated heterocycles. The highest BCUT2D eigenvalue weighted by molar-refractivity contribution is 5.87. The van der Waals surface area contributed by atoms with E-state index < -0.39 is 0 Å². The Morgan fingerprint density at radius 1 is 1.15 bits per heavy atom. The van der Waals surface area contributed by atoms with Crippen LogP contribution < -0.4 is 5.32 Å². The van der Waals surface area contributed by atoms with Gasteiger partial charge >= 0.3 is 0 Å². The summed E-state index contributed by atoms with van der Waals surface area (Å²) in [5, 5.41) is 13.7. The van der Waals surface area contributed by atoms with Crippen molar-refractivity contribution in [1.29, 1.82) is 0 Å². The lowest BCUT2D eigenvalue weighted by molar-refractivity contribution is 0.247. The largest absolute Gasteiger partial charge is 0.343 e. The number of aromatic nitrogens is 4. The standard InChI is InChI=1S/C20H24N6/c1-15(13-26-8-4-3-5-9-26)23-19-11-18-10-16(6-7-17(18)12-21-19)20-24-22-14-25(20)2/h6-7,10-12,14H,1,3-5,8-9,13H2,2H3,(H,21,23). The van der Waals surface area contributed by atoms with E-state index in [9.17, 15) is 0 Å². The number of pyridine rings is 1. The van der Waals surface area contributed by atoms with Gasteiger partial charge in [-0.3, -0.25) is 4.90 Å². The van der Waals surface area contributed by atoms with Crippen LogP contribution >= 0.6 is 0 Å². The van der Waals surface area contributed by atoms with Crippen molar-refractivity contribution in [3.8, 4) is 11.4 Å². The number of piperidine rings is 1. The average molecular weight is 348 g/mol. The summed E-state index contributed by atoms with van der Waals surface area (Å²) >= 11 is 0. The van der Waals surface area contributed by atoms with Gasteiger partial charge in [-0.1, -0.05) is 25.1 Å². The van der Waals surface area contributed by atoms with Crippen LogP contribution in [0.1, 0.15) is 19.3 Å². The van der Waals surface area contributed by atoms with Crippen molar-refractivity contribution in [1.82, 2.24) is 24.6 Å². The van der Waals surface area contributed by atoms with Gasteiger partial charge in [0.25, 0.3) is 0 Å². The van der Waals surface area contributed by atoms with Crippen LogP contribution in [0.5, 0.6) is 0 Å². The van der Waals surface area contributed by atoms with Crippen molar-refractivity contribution in [2.45, 2.75) is 19.3 Å². The first-order chi connectivity index (χ1) is 12.7. The van der Waals surface area contributed by atoms with Crippen LogP contribution in [-0.2, 0) is 7.05 Å². The molecule has 1 aliphatic rings. The number of hydrogen-bond acceptors (Lipinski definition) is 5. The Kier molecular flexibility index (Phi) is 4.67. The lowest BCUT2D eigenvalue weighted by atomic mass is 10.1. The first-order valence-corrected chi connectivity index (χ1v) is 9.10. The maximum atomic E-state index is 4.53. The van der Waals surface area contributed by atoms with Crippen LogP contribution in [0.3, 0.4) is 0 Å². The molecule has 26 heavy (non-hydrogen) atoms. The van der Waals surface area contributed by atoms with Gasteiger partial charge in [0.05, 0.1) is 0 Å². The van der Waals surface area contributed by atoms with Crippen LogP contribution in [-0.4, -0.2) is 44.3 Å². The lowest BCUT2D eigenvalue weighted by Crippen LogP contribution is -2.32. The number of aryl methyl sites for hydroxylation is 1. The van der Waals surface area contributed by atoms with Gasteiger partial charge in [0.15, 0.2) is 5.82 Å².